The van der Waals surface area contributed by atoms with Gasteiger partial charge in [0.2, 0.25) is 26.6 Å². The highest BCUT2D eigenvalue weighted by Gasteiger charge is 2.28. The van der Waals surface area contributed by atoms with Gasteiger partial charge in [0.1, 0.15) is 0 Å². The minimum atomic E-state index is -3.92. The van der Waals surface area contributed by atoms with Crippen LogP contribution in [0.3, 0.4) is 0 Å². The number of benzene rings is 3. The van der Waals surface area contributed by atoms with Gasteiger partial charge in [-0.1, -0.05) is 45.2 Å². The Kier molecular flexibility index (Phi) is 5.69. The Balaban J connectivity index is 1.83. The summed E-state index contributed by atoms with van der Waals surface area (Å²) in [6, 6.07) is 20.7. The van der Waals surface area contributed by atoms with E-state index in [0.717, 1.165) is 10.0 Å². The van der Waals surface area contributed by atoms with Crippen molar-refractivity contribution in [3.63, 3.8) is 0 Å². The molecule has 0 aliphatic carbocycles. The molecule has 4 aromatic rings. The summed E-state index contributed by atoms with van der Waals surface area (Å²) < 4.78 is 33.3. The molecule has 4 rings (SSSR count). The van der Waals surface area contributed by atoms with Crippen LogP contribution in [0.25, 0.3) is 11.5 Å². The topological polar surface area (TPSA) is 72.2 Å². The van der Waals surface area contributed by atoms with Crippen LogP contribution in [0.4, 0.5) is 11.6 Å². The average Bonchev–Trinajstić information content (AvgIpc) is 3.15. The van der Waals surface area contributed by atoms with Gasteiger partial charge in [-0.2, -0.15) is 4.98 Å². The summed E-state index contributed by atoms with van der Waals surface area (Å²) in [7, 11) is -3.92. The highest BCUT2D eigenvalue weighted by molar-refractivity contribution is 9.10. The Morgan fingerprint density at radius 1 is 0.933 bits per heavy atom. The lowest BCUT2D eigenvalue weighted by Gasteiger charge is -2.06. The zero-order chi connectivity index (χ0) is 21.3. The van der Waals surface area contributed by atoms with Crippen LogP contribution in [0.5, 0.6) is 0 Å². The number of hydrogen-bond donors (Lipinski definition) is 1. The smallest absolute Gasteiger partial charge is 0.238 e. The lowest BCUT2D eigenvalue weighted by molar-refractivity contribution is 0.582. The van der Waals surface area contributed by atoms with Crippen LogP contribution in [0.2, 0.25) is 5.02 Å². The van der Waals surface area contributed by atoms with Crippen molar-refractivity contribution in [3.05, 3.63) is 87.9 Å². The fraction of sp³-hybridized carbons (Fsp3) is 0.0455. The third-order valence-corrected chi connectivity index (χ3v) is 6.83. The molecule has 0 saturated heterocycles. The summed E-state index contributed by atoms with van der Waals surface area (Å²) in [6.45, 7) is 1.97. The van der Waals surface area contributed by atoms with Gasteiger partial charge in [-0.15, -0.1) is 0 Å². The second kappa shape index (κ2) is 8.26. The number of halogens is 2. The van der Waals surface area contributed by atoms with Gasteiger partial charge < -0.3 is 9.73 Å². The molecule has 1 heterocycles. The highest BCUT2D eigenvalue weighted by atomic mass is 79.9. The zero-order valence-corrected chi connectivity index (χ0v) is 18.9. The molecule has 0 radical (unpaired) electrons. The van der Waals surface area contributed by atoms with Gasteiger partial charge in [0.25, 0.3) is 0 Å². The molecule has 152 valence electrons. The third kappa shape index (κ3) is 4.28. The van der Waals surface area contributed by atoms with Crippen molar-refractivity contribution in [1.82, 2.24) is 4.98 Å². The van der Waals surface area contributed by atoms with E-state index in [4.69, 9.17) is 16.0 Å². The molecule has 0 unspecified atom stereocenters. The molecule has 1 aromatic heterocycles. The molecular weight excluding hydrogens is 488 g/mol. The molecule has 0 bridgehead atoms. The van der Waals surface area contributed by atoms with E-state index < -0.39 is 9.84 Å². The maximum absolute atomic E-state index is 13.3. The molecule has 8 heteroatoms. The molecule has 1 N–H and O–H groups in total. The van der Waals surface area contributed by atoms with E-state index in [-0.39, 0.29) is 21.7 Å². The fourth-order valence-electron chi connectivity index (χ4n) is 2.78. The van der Waals surface area contributed by atoms with Crippen LogP contribution in [0.15, 0.2) is 91.6 Å². The van der Waals surface area contributed by atoms with Crippen LogP contribution in [-0.2, 0) is 9.84 Å². The zero-order valence-electron chi connectivity index (χ0n) is 15.8. The number of sulfone groups is 1. The Morgan fingerprint density at radius 2 is 1.57 bits per heavy atom. The lowest BCUT2D eigenvalue weighted by atomic mass is 10.1. The van der Waals surface area contributed by atoms with Crippen LogP contribution < -0.4 is 5.32 Å². The van der Waals surface area contributed by atoms with Crippen molar-refractivity contribution in [3.8, 4) is 11.5 Å². The third-order valence-electron chi connectivity index (χ3n) is 4.38. The van der Waals surface area contributed by atoms with E-state index in [1.54, 1.807) is 36.4 Å². The monoisotopic (exact) mass is 502 g/mol. The fourth-order valence-corrected chi connectivity index (χ4v) is 4.42. The van der Waals surface area contributed by atoms with Crippen molar-refractivity contribution in [1.29, 1.82) is 0 Å². The van der Waals surface area contributed by atoms with Crippen LogP contribution in [-0.4, -0.2) is 13.4 Å². The van der Waals surface area contributed by atoms with E-state index in [2.05, 4.69) is 26.2 Å². The molecular formula is C22H16BrClN2O3S. The first-order chi connectivity index (χ1) is 14.3. The molecule has 3 aromatic carbocycles. The van der Waals surface area contributed by atoms with E-state index in [1.807, 2.05) is 31.2 Å². The Morgan fingerprint density at radius 3 is 2.20 bits per heavy atom. The van der Waals surface area contributed by atoms with Gasteiger partial charge in [-0.25, -0.2) is 8.42 Å². The molecule has 0 saturated carbocycles. The summed E-state index contributed by atoms with van der Waals surface area (Å²) in [5, 5.41) is 3.40. The van der Waals surface area contributed by atoms with Gasteiger partial charge in [-0.05, 0) is 67.6 Å². The van der Waals surface area contributed by atoms with Crippen molar-refractivity contribution in [2.75, 3.05) is 5.32 Å². The first-order valence-electron chi connectivity index (χ1n) is 8.94. The largest absolute Gasteiger partial charge is 0.419 e. The molecule has 0 aliphatic rings. The van der Waals surface area contributed by atoms with Gasteiger partial charge in [-0.3, -0.25) is 0 Å². The van der Waals surface area contributed by atoms with E-state index in [9.17, 15) is 8.42 Å². The summed E-state index contributed by atoms with van der Waals surface area (Å²) in [5.41, 5.74) is 2.38. The molecule has 0 spiro atoms. The molecule has 0 aliphatic heterocycles. The number of aromatic nitrogens is 1. The lowest BCUT2D eigenvalue weighted by Crippen LogP contribution is -2.05. The van der Waals surface area contributed by atoms with Crippen LogP contribution in [0.1, 0.15) is 5.56 Å². The Hall–Kier alpha value is -2.61. The number of anilines is 2. The SMILES string of the molecule is Cc1ccc(-c2nc(S(=O)(=O)c3ccc(Br)cc3)c(Nc3ccc(Cl)cc3)o2)cc1. The second-order valence-corrected chi connectivity index (χ2v) is 9.83. The molecule has 0 atom stereocenters. The number of hydrogen-bond acceptors (Lipinski definition) is 5. The summed E-state index contributed by atoms with van der Waals surface area (Å²) >= 11 is 9.27. The molecule has 5 nitrogen and oxygen atoms in total. The first-order valence-corrected chi connectivity index (χ1v) is 11.6. The number of rotatable bonds is 5. The molecule has 30 heavy (non-hydrogen) atoms. The Bertz CT molecular complexity index is 1280. The van der Waals surface area contributed by atoms with Crippen LogP contribution >= 0.6 is 27.5 Å². The number of nitrogens with one attached hydrogen (secondary N) is 1. The van der Waals surface area contributed by atoms with Crippen molar-refractivity contribution in [2.45, 2.75) is 16.8 Å². The van der Waals surface area contributed by atoms with Gasteiger partial charge in [0, 0.05) is 20.7 Å². The van der Waals surface area contributed by atoms with Gasteiger partial charge in [0.15, 0.2) is 0 Å². The summed E-state index contributed by atoms with van der Waals surface area (Å²) in [6.07, 6.45) is 0. The minimum absolute atomic E-state index is 0.0378. The second-order valence-electron chi connectivity index (χ2n) is 6.61. The molecule has 0 fully saturated rings. The van der Waals surface area contributed by atoms with E-state index >= 15 is 0 Å². The van der Waals surface area contributed by atoms with E-state index in [0.29, 0.717) is 16.3 Å². The predicted octanol–water partition coefficient (Wildman–Crippen LogP) is 6.64. The van der Waals surface area contributed by atoms with Crippen molar-refractivity contribution < 1.29 is 12.8 Å². The Labute approximate surface area is 187 Å². The van der Waals surface area contributed by atoms with E-state index in [1.165, 1.54) is 12.1 Å². The number of oxazole rings is 1. The number of aryl methyl sites for hydroxylation is 1. The highest BCUT2D eigenvalue weighted by Crippen LogP contribution is 2.34. The van der Waals surface area contributed by atoms with Crippen molar-refractivity contribution in [2.24, 2.45) is 0 Å². The quantitative estimate of drug-likeness (QED) is 0.330. The summed E-state index contributed by atoms with van der Waals surface area (Å²) in [4.78, 5) is 4.46. The minimum Gasteiger partial charge on any atom is -0.419 e. The van der Waals surface area contributed by atoms with Crippen LogP contribution in [0, 0.1) is 6.92 Å². The van der Waals surface area contributed by atoms with Crippen molar-refractivity contribution >= 4 is 48.9 Å². The van der Waals surface area contributed by atoms with Gasteiger partial charge in [0.05, 0.1) is 4.90 Å². The maximum atomic E-state index is 13.3. The first kappa shape index (κ1) is 20.7. The standard InChI is InChI=1S/C22H16BrClN2O3S/c1-14-2-4-15(5-3-14)20-26-22(30(27,28)19-12-6-16(23)7-13-19)21(29-20)25-18-10-8-17(24)9-11-18/h2-13,25H,1H3. The average molecular weight is 504 g/mol. The molecule has 0 amide bonds. The summed E-state index contributed by atoms with van der Waals surface area (Å²) in [5.74, 6) is 0.248. The van der Waals surface area contributed by atoms with Gasteiger partial charge >= 0.3 is 0 Å². The number of nitrogens with zero attached hydrogens (tertiary/aromatic N) is 1. The normalized spacial score (nSPS) is 11.4. The predicted molar refractivity (Wildman–Crippen MR) is 121 cm³/mol. The maximum Gasteiger partial charge on any atom is 0.238 e.